The summed E-state index contributed by atoms with van der Waals surface area (Å²) >= 11 is 0. The first-order valence-corrected chi connectivity index (χ1v) is 9.69. The second kappa shape index (κ2) is 14.8. The summed E-state index contributed by atoms with van der Waals surface area (Å²) in [7, 11) is 0. The standard InChI is InChI=1S/C20H34N2O3.BrH/c1-4-6-7-8-9-10-11-14-19(23)25-17(3)22-15-12-13-18(16-22)20(24)21-5-2;/h12-13,15,17H,4-11,14,16H2,1-3H3,(H,21,24);1H. The highest BCUT2D eigenvalue weighted by molar-refractivity contribution is 8.93. The van der Waals surface area contributed by atoms with E-state index in [0.29, 0.717) is 25.1 Å². The van der Waals surface area contributed by atoms with Gasteiger partial charge in [0.05, 0.1) is 6.54 Å². The van der Waals surface area contributed by atoms with Gasteiger partial charge in [-0.3, -0.25) is 9.59 Å². The molecule has 1 N–H and O–H groups in total. The van der Waals surface area contributed by atoms with Gasteiger partial charge >= 0.3 is 5.97 Å². The number of rotatable bonds is 12. The van der Waals surface area contributed by atoms with Crippen molar-refractivity contribution < 1.29 is 14.3 Å². The van der Waals surface area contributed by atoms with Gasteiger partial charge < -0.3 is 15.0 Å². The average Bonchev–Trinajstić information content (AvgIpc) is 2.61. The van der Waals surface area contributed by atoms with Crippen LogP contribution in [0.5, 0.6) is 0 Å². The van der Waals surface area contributed by atoms with Gasteiger partial charge in [0.1, 0.15) is 0 Å². The molecule has 0 saturated carbocycles. The van der Waals surface area contributed by atoms with E-state index < -0.39 is 0 Å². The van der Waals surface area contributed by atoms with Crippen LogP contribution in [-0.2, 0) is 14.3 Å². The fourth-order valence-corrected chi connectivity index (χ4v) is 2.79. The molecule has 6 heteroatoms. The topological polar surface area (TPSA) is 58.6 Å². The molecule has 0 aromatic heterocycles. The number of ether oxygens (including phenoxy) is 1. The fourth-order valence-electron chi connectivity index (χ4n) is 2.79. The number of halogens is 1. The molecule has 1 rings (SSSR count). The van der Waals surface area contributed by atoms with Crippen molar-refractivity contribution in [2.75, 3.05) is 13.1 Å². The molecular weight excluding hydrogens is 396 g/mol. The molecule has 0 aromatic rings. The van der Waals surface area contributed by atoms with Gasteiger partial charge in [-0.05, 0) is 26.3 Å². The maximum absolute atomic E-state index is 12.0. The number of carbonyl (C=O) groups excluding carboxylic acids is 2. The molecule has 0 bridgehead atoms. The molecule has 1 amide bonds. The third-order valence-corrected chi connectivity index (χ3v) is 4.31. The van der Waals surface area contributed by atoms with Crippen molar-refractivity contribution in [3.05, 3.63) is 23.9 Å². The minimum atomic E-state index is -0.369. The van der Waals surface area contributed by atoms with Crippen molar-refractivity contribution in [3.8, 4) is 0 Å². The summed E-state index contributed by atoms with van der Waals surface area (Å²) < 4.78 is 5.50. The van der Waals surface area contributed by atoms with Crippen molar-refractivity contribution in [2.24, 2.45) is 0 Å². The highest BCUT2D eigenvalue weighted by Crippen LogP contribution is 2.14. The van der Waals surface area contributed by atoms with Gasteiger partial charge in [-0.2, -0.15) is 0 Å². The molecule has 1 unspecified atom stereocenters. The van der Waals surface area contributed by atoms with Gasteiger partial charge in [-0.15, -0.1) is 17.0 Å². The van der Waals surface area contributed by atoms with Crippen LogP contribution in [0.15, 0.2) is 23.9 Å². The first-order chi connectivity index (χ1) is 12.1. The van der Waals surface area contributed by atoms with E-state index in [2.05, 4.69) is 12.2 Å². The zero-order valence-corrected chi connectivity index (χ0v) is 18.2. The molecule has 0 fully saturated rings. The van der Waals surface area contributed by atoms with Crippen LogP contribution < -0.4 is 5.32 Å². The number of esters is 1. The molecule has 0 spiro atoms. The molecule has 0 aromatic carbocycles. The fraction of sp³-hybridized carbons (Fsp3) is 0.700. The van der Waals surface area contributed by atoms with Crippen LogP contribution in [0, 0.1) is 0 Å². The van der Waals surface area contributed by atoms with Crippen molar-refractivity contribution in [2.45, 2.75) is 78.4 Å². The zero-order valence-electron chi connectivity index (χ0n) is 16.5. The normalized spacial score (nSPS) is 14.3. The number of nitrogens with zero attached hydrogens (tertiary/aromatic N) is 1. The van der Waals surface area contributed by atoms with E-state index in [4.69, 9.17) is 4.74 Å². The van der Waals surface area contributed by atoms with Gasteiger partial charge in [0.25, 0.3) is 0 Å². The monoisotopic (exact) mass is 430 g/mol. The molecule has 5 nitrogen and oxygen atoms in total. The van der Waals surface area contributed by atoms with E-state index in [1.165, 1.54) is 32.1 Å². The Morgan fingerprint density at radius 2 is 1.81 bits per heavy atom. The third-order valence-electron chi connectivity index (χ3n) is 4.31. The Morgan fingerprint density at radius 1 is 1.15 bits per heavy atom. The molecule has 150 valence electrons. The summed E-state index contributed by atoms with van der Waals surface area (Å²) in [4.78, 5) is 25.8. The largest absolute Gasteiger partial charge is 0.442 e. The minimum absolute atomic E-state index is 0. The van der Waals surface area contributed by atoms with Crippen LogP contribution in [0.4, 0.5) is 0 Å². The first-order valence-electron chi connectivity index (χ1n) is 9.69. The molecular formula is C20H35BrN2O3. The van der Waals surface area contributed by atoms with Gasteiger partial charge in [-0.25, -0.2) is 0 Å². The highest BCUT2D eigenvalue weighted by atomic mass is 79.9. The number of nitrogens with one attached hydrogen (secondary N) is 1. The van der Waals surface area contributed by atoms with E-state index in [1.54, 1.807) is 6.08 Å². The number of amides is 1. The first kappa shape index (κ1) is 24.7. The average molecular weight is 431 g/mol. The van der Waals surface area contributed by atoms with Crippen molar-refractivity contribution in [1.82, 2.24) is 10.2 Å². The van der Waals surface area contributed by atoms with Crippen LogP contribution in [-0.4, -0.2) is 36.1 Å². The number of allylic oxidation sites excluding steroid dienone is 2. The Labute approximate surface area is 169 Å². The molecule has 1 aliphatic rings. The van der Waals surface area contributed by atoms with E-state index in [9.17, 15) is 9.59 Å². The van der Waals surface area contributed by atoms with Gasteiger partial charge in [0.2, 0.25) is 5.91 Å². The van der Waals surface area contributed by atoms with Crippen molar-refractivity contribution >= 4 is 28.9 Å². The van der Waals surface area contributed by atoms with Crippen LogP contribution in [0.1, 0.15) is 72.1 Å². The number of carbonyl (C=O) groups is 2. The second-order valence-electron chi connectivity index (χ2n) is 6.53. The van der Waals surface area contributed by atoms with Gasteiger partial charge in [0, 0.05) is 24.7 Å². The molecule has 1 atom stereocenters. The Balaban J connectivity index is 0.00000625. The number of likely N-dealkylation sites (N-methyl/N-ethyl adjacent to an activating group) is 1. The third kappa shape index (κ3) is 10.00. The summed E-state index contributed by atoms with van der Waals surface area (Å²) in [5.74, 6) is -0.234. The summed E-state index contributed by atoms with van der Waals surface area (Å²) in [6, 6.07) is 0. The Morgan fingerprint density at radius 3 is 2.46 bits per heavy atom. The Hall–Kier alpha value is -1.30. The number of hydrogen-bond donors (Lipinski definition) is 1. The summed E-state index contributed by atoms with van der Waals surface area (Å²) in [5.41, 5.74) is 0.680. The Kier molecular flexibility index (Phi) is 14.1. The van der Waals surface area contributed by atoms with Crippen LogP contribution in [0.25, 0.3) is 0 Å². The maximum atomic E-state index is 12.0. The smallest absolute Gasteiger partial charge is 0.307 e. The summed E-state index contributed by atoms with van der Waals surface area (Å²) in [6.45, 7) is 7.00. The quantitative estimate of drug-likeness (QED) is 0.366. The number of hydrogen-bond acceptors (Lipinski definition) is 4. The lowest BCUT2D eigenvalue weighted by Gasteiger charge is -2.29. The van der Waals surface area contributed by atoms with E-state index in [1.807, 2.05) is 31.0 Å². The summed E-state index contributed by atoms with van der Waals surface area (Å²) in [5, 5.41) is 2.79. The van der Waals surface area contributed by atoms with Crippen LogP contribution >= 0.6 is 17.0 Å². The summed E-state index contributed by atoms with van der Waals surface area (Å²) in [6.07, 6.45) is 13.8. The molecule has 26 heavy (non-hydrogen) atoms. The SMILES string of the molecule is Br.CCCCCCCCCC(=O)OC(C)N1C=CC=C(C(=O)NCC)C1. The zero-order chi connectivity index (χ0) is 18.5. The van der Waals surface area contributed by atoms with Crippen molar-refractivity contribution in [1.29, 1.82) is 0 Å². The Bertz CT molecular complexity index is 478. The van der Waals surface area contributed by atoms with E-state index in [-0.39, 0.29) is 35.1 Å². The number of unbranched alkanes of at least 4 members (excludes halogenated alkanes) is 6. The molecule has 0 saturated heterocycles. The maximum Gasteiger partial charge on any atom is 0.307 e. The van der Waals surface area contributed by atoms with Gasteiger partial charge in [-0.1, -0.05) is 51.5 Å². The molecule has 0 radical (unpaired) electrons. The van der Waals surface area contributed by atoms with E-state index >= 15 is 0 Å². The van der Waals surface area contributed by atoms with E-state index in [0.717, 1.165) is 12.8 Å². The lowest BCUT2D eigenvalue weighted by Crippen LogP contribution is -2.38. The lowest BCUT2D eigenvalue weighted by molar-refractivity contribution is -0.155. The van der Waals surface area contributed by atoms with Crippen molar-refractivity contribution in [3.63, 3.8) is 0 Å². The predicted octanol–water partition coefficient (Wildman–Crippen LogP) is 4.49. The predicted molar refractivity (Wildman–Crippen MR) is 111 cm³/mol. The van der Waals surface area contributed by atoms with Crippen LogP contribution in [0.3, 0.4) is 0 Å². The molecule has 0 aliphatic carbocycles. The molecule has 1 aliphatic heterocycles. The lowest BCUT2D eigenvalue weighted by atomic mass is 10.1. The van der Waals surface area contributed by atoms with Crippen LogP contribution in [0.2, 0.25) is 0 Å². The second-order valence-corrected chi connectivity index (χ2v) is 6.53. The molecule has 1 heterocycles. The highest BCUT2D eigenvalue weighted by Gasteiger charge is 2.20. The minimum Gasteiger partial charge on any atom is -0.442 e. The van der Waals surface area contributed by atoms with Gasteiger partial charge in [0.15, 0.2) is 6.23 Å².